The molecule has 3 nitrogen and oxygen atoms in total. The lowest BCUT2D eigenvalue weighted by molar-refractivity contribution is 0.0676. The Bertz CT molecular complexity index is 565. The van der Waals surface area contributed by atoms with Crippen LogP contribution in [0.4, 0.5) is 0 Å². The van der Waals surface area contributed by atoms with Crippen molar-refractivity contribution in [2.24, 2.45) is 0 Å². The maximum Gasteiger partial charge on any atom is 0.123 e. The Morgan fingerprint density at radius 3 is 2.64 bits per heavy atom. The van der Waals surface area contributed by atoms with Crippen LogP contribution in [0.1, 0.15) is 24.0 Å². The fourth-order valence-electron chi connectivity index (χ4n) is 2.69. The molecule has 1 heterocycles. The molecule has 0 saturated carbocycles. The predicted octanol–water partition coefficient (Wildman–Crippen LogP) is 3.53. The Labute approximate surface area is 132 Å². The maximum absolute atomic E-state index is 5.96. The fraction of sp³-hybridized carbons (Fsp3) is 0.368. The minimum atomic E-state index is 0.255. The van der Waals surface area contributed by atoms with Crippen molar-refractivity contribution in [3.63, 3.8) is 0 Å². The first-order valence-corrected chi connectivity index (χ1v) is 7.99. The van der Waals surface area contributed by atoms with Crippen LogP contribution in [0.5, 0.6) is 5.75 Å². The minimum absolute atomic E-state index is 0.255. The van der Waals surface area contributed by atoms with Gasteiger partial charge in [-0.2, -0.15) is 0 Å². The first-order valence-electron chi connectivity index (χ1n) is 7.99. The summed E-state index contributed by atoms with van der Waals surface area (Å²) in [6.07, 6.45) is 2.51. The highest BCUT2D eigenvalue weighted by Gasteiger charge is 2.16. The quantitative estimate of drug-likeness (QED) is 0.848. The molecule has 3 rings (SSSR count). The SMILES string of the molecule is c1ccc(CNCc2ccccc2OCC2CCCO2)cc1. The van der Waals surface area contributed by atoms with Gasteiger partial charge in [-0.05, 0) is 24.5 Å². The predicted molar refractivity (Wildman–Crippen MR) is 87.9 cm³/mol. The highest BCUT2D eigenvalue weighted by atomic mass is 16.5. The van der Waals surface area contributed by atoms with Gasteiger partial charge in [0, 0.05) is 25.3 Å². The zero-order chi connectivity index (χ0) is 15.0. The zero-order valence-electron chi connectivity index (χ0n) is 12.8. The van der Waals surface area contributed by atoms with E-state index in [0.29, 0.717) is 6.61 Å². The van der Waals surface area contributed by atoms with Crippen molar-refractivity contribution < 1.29 is 9.47 Å². The van der Waals surface area contributed by atoms with Gasteiger partial charge in [-0.1, -0.05) is 48.5 Å². The molecule has 0 aromatic heterocycles. The molecule has 1 aliphatic rings. The first-order chi connectivity index (χ1) is 10.9. The maximum atomic E-state index is 5.96. The molecule has 2 aromatic rings. The molecule has 1 fully saturated rings. The van der Waals surface area contributed by atoms with E-state index in [4.69, 9.17) is 9.47 Å². The summed E-state index contributed by atoms with van der Waals surface area (Å²) >= 11 is 0. The van der Waals surface area contributed by atoms with Gasteiger partial charge >= 0.3 is 0 Å². The summed E-state index contributed by atoms with van der Waals surface area (Å²) in [4.78, 5) is 0. The summed E-state index contributed by atoms with van der Waals surface area (Å²) in [6.45, 7) is 3.18. The molecule has 1 unspecified atom stereocenters. The van der Waals surface area contributed by atoms with E-state index < -0.39 is 0 Å². The molecule has 3 heteroatoms. The molecule has 0 radical (unpaired) electrons. The largest absolute Gasteiger partial charge is 0.491 e. The Kier molecular flexibility index (Phi) is 5.46. The number of hydrogen-bond acceptors (Lipinski definition) is 3. The Hall–Kier alpha value is -1.84. The van der Waals surface area contributed by atoms with Crippen LogP contribution in [-0.4, -0.2) is 19.3 Å². The third-order valence-corrected chi connectivity index (χ3v) is 3.91. The van der Waals surface area contributed by atoms with Crippen LogP contribution in [-0.2, 0) is 17.8 Å². The van der Waals surface area contributed by atoms with Crippen molar-refractivity contribution in [1.29, 1.82) is 0 Å². The molecule has 1 aliphatic heterocycles. The van der Waals surface area contributed by atoms with Gasteiger partial charge in [0.05, 0.1) is 6.10 Å². The number of rotatable bonds is 7. The van der Waals surface area contributed by atoms with E-state index in [9.17, 15) is 0 Å². The molecule has 0 aliphatic carbocycles. The van der Waals surface area contributed by atoms with E-state index >= 15 is 0 Å². The lowest BCUT2D eigenvalue weighted by Gasteiger charge is -2.15. The van der Waals surface area contributed by atoms with Crippen molar-refractivity contribution in [3.05, 3.63) is 65.7 Å². The molecule has 22 heavy (non-hydrogen) atoms. The highest BCUT2D eigenvalue weighted by Crippen LogP contribution is 2.20. The van der Waals surface area contributed by atoms with Gasteiger partial charge in [0.2, 0.25) is 0 Å². The van der Waals surface area contributed by atoms with Crippen LogP contribution in [0.25, 0.3) is 0 Å². The summed E-state index contributed by atoms with van der Waals surface area (Å²) < 4.78 is 11.6. The summed E-state index contributed by atoms with van der Waals surface area (Å²) in [6, 6.07) is 18.7. The molecule has 1 N–H and O–H groups in total. The third kappa shape index (κ3) is 4.33. The zero-order valence-corrected chi connectivity index (χ0v) is 12.8. The second-order valence-corrected chi connectivity index (χ2v) is 5.64. The molecule has 0 bridgehead atoms. The van der Waals surface area contributed by atoms with Gasteiger partial charge < -0.3 is 14.8 Å². The Balaban J connectivity index is 1.51. The number of para-hydroxylation sites is 1. The lowest BCUT2D eigenvalue weighted by Crippen LogP contribution is -2.18. The minimum Gasteiger partial charge on any atom is -0.491 e. The van der Waals surface area contributed by atoms with Gasteiger partial charge in [0.15, 0.2) is 0 Å². The molecular formula is C19H23NO2. The lowest BCUT2D eigenvalue weighted by atomic mass is 10.2. The van der Waals surface area contributed by atoms with Gasteiger partial charge in [-0.3, -0.25) is 0 Å². The van der Waals surface area contributed by atoms with E-state index in [1.54, 1.807) is 0 Å². The van der Waals surface area contributed by atoms with Crippen molar-refractivity contribution in [2.45, 2.75) is 32.0 Å². The van der Waals surface area contributed by atoms with Gasteiger partial charge in [-0.25, -0.2) is 0 Å². The van der Waals surface area contributed by atoms with Gasteiger partial charge in [0.1, 0.15) is 12.4 Å². The van der Waals surface area contributed by atoms with Crippen LogP contribution < -0.4 is 10.1 Å². The summed E-state index contributed by atoms with van der Waals surface area (Å²) in [5, 5.41) is 3.48. The van der Waals surface area contributed by atoms with Crippen LogP contribution in [0.3, 0.4) is 0 Å². The first kappa shape index (κ1) is 15.1. The van der Waals surface area contributed by atoms with Gasteiger partial charge in [-0.15, -0.1) is 0 Å². The second-order valence-electron chi connectivity index (χ2n) is 5.64. The molecule has 0 amide bonds. The number of benzene rings is 2. The van der Waals surface area contributed by atoms with E-state index in [-0.39, 0.29) is 6.10 Å². The normalized spacial score (nSPS) is 17.5. The average Bonchev–Trinajstić information content (AvgIpc) is 3.08. The number of ether oxygens (including phenoxy) is 2. The molecule has 0 spiro atoms. The van der Waals surface area contributed by atoms with Gasteiger partial charge in [0.25, 0.3) is 0 Å². The van der Waals surface area contributed by atoms with Crippen molar-refractivity contribution in [3.8, 4) is 5.75 Å². The number of nitrogens with one attached hydrogen (secondary N) is 1. The van der Waals surface area contributed by atoms with Crippen molar-refractivity contribution >= 4 is 0 Å². The monoisotopic (exact) mass is 297 g/mol. The summed E-state index contributed by atoms with van der Waals surface area (Å²) in [7, 11) is 0. The highest BCUT2D eigenvalue weighted by molar-refractivity contribution is 5.33. The van der Waals surface area contributed by atoms with E-state index in [1.807, 2.05) is 18.2 Å². The van der Waals surface area contributed by atoms with Crippen molar-refractivity contribution in [2.75, 3.05) is 13.2 Å². The second kappa shape index (κ2) is 7.97. The standard InChI is InChI=1S/C19H23NO2/c1-2-7-16(8-3-1)13-20-14-17-9-4-5-11-19(17)22-15-18-10-6-12-21-18/h1-5,7-9,11,18,20H,6,10,12-15H2. The molecular weight excluding hydrogens is 274 g/mol. The topological polar surface area (TPSA) is 30.5 Å². The fourth-order valence-corrected chi connectivity index (χ4v) is 2.69. The number of hydrogen-bond donors (Lipinski definition) is 1. The van der Waals surface area contributed by atoms with Crippen molar-refractivity contribution in [1.82, 2.24) is 5.32 Å². The third-order valence-electron chi connectivity index (χ3n) is 3.91. The molecule has 1 atom stereocenters. The van der Waals surface area contributed by atoms with E-state index in [0.717, 1.165) is 38.3 Å². The van der Waals surface area contributed by atoms with Crippen LogP contribution in [0.2, 0.25) is 0 Å². The smallest absolute Gasteiger partial charge is 0.123 e. The molecule has 116 valence electrons. The van der Waals surface area contributed by atoms with E-state index in [1.165, 1.54) is 11.1 Å². The van der Waals surface area contributed by atoms with Crippen LogP contribution in [0, 0.1) is 0 Å². The molecule has 1 saturated heterocycles. The van der Waals surface area contributed by atoms with E-state index in [2.05, 4.69) is 41.7 Å². The average molecular weight is 297 g/mol. The van der Waals surface area contributed by atoms with Crippen LogP contribution >= 0.6 is 0 Å². The van der Waals surface area contributed by atoms with Crippen LogP contribution in [0.15, 0.2) is 54.6 Å². The summed E-state index contributed by atoms with van der Waals surface area (Å²) in [5.74, 6) is 0.957. The molecule has 2 aromatic carbocycles. The summed E-state index contributed by atoms with van der Waals surface area (Å²) in [5.41, 5.74) is 2.48. The Morgan fingerprint density at radius 2 is 1.82 bits per heavy atom. The Morgan fingerprint density at radius 1 is 1.00 bits per heavy atom.